The number of carbonyl (C=O) groups is 1. The summed E-state index contributed by atoms with van der Waals surface area (Å²) in [6.07, 6.45) is 0. The molecule has 0 bridgehead atoms. The topological polar surface area (TPSA) is 67.8 Å². The van der Waals surface area contributed by atoms with Crippen LogP contribution in [-0.4, -0.2) is 18.2 Å². The number of methoxy groups -OCH3 is 1. The maximum Gasteiger partial charge on any atom is 0.336 e. The smallest absolute Gasteiger partial charge is 0.336 e. The van der Waals surface area contributed by atoms with Crippen LogP contribution in [0.25, 0.3) is 0 Å². The molecule has 6 heteroatoms. The van der Waals surface area contributed by atoms with Crippen molar-refractivity contribution in [3.63, 3.8) is 0 Å². The first kappa shape index (κ1) is 20.6. The fourth-order valence-corrected chi connectivity index (χ4v) is 3.16. The molecule has 150 valence electrons. The summed E-state index contributed by atoms with van der Waals surface area (Å²) in [5.41, 5.74) is 3.65. The first-order valence-corrected chi connectivity index (χ1v) is 9.47. The monoisotopic (exact) mass is 411 g/mol. The predicted molar refractivity (Wildman–Crippen MR) is 114 cm³/mol. The zero-order valence-electron chi connectivity index (χ0n) is 16.2. The number of aromatic carboxylic acids is 1. The van der Waals surface area contributed by atoms with Gasteiger partial charge in [-0.25, -0.2) is 4.79 Å². The Morgan fingerprint density at radius 1 is 1.07 bits per heavy atom. The molecule has 0 unspecified atom stereocenters. The van der Waals surface area contributed by atoms with Crippen LogP contribution in [0.4, 0.5) is 5.69 Å². The molecule has 0 saturated heterocycles. The third-order valence-corrected chi connectivity index (χ3v) is 4.98. The first-order chi connectivity index (χ1) is 14.0. The molecule has 0 fully saturated rings. The number of benzene rings is 3. The summed E-state index contributed by atoms with van der Waals surface area (Å²) in [6.45, 7) is 2.65. The fourth-order valence-electron chi connectivity index (χ4n) is 2.97. The van der Waals surface area contributed by atoms with Crippen molar-refractivity contribution in [2.75, 3.05) is 12.4 Å². The van der Waals surface area contributed by atoms with Crippen LogP contribution >= 0.6 is 11.6 Å². The summed E-state index contributed by atoms with van der Waals surface area (Å²) in [5, 5.41) is 13.2. The van der Waals surface area contributed by atoms with Gasteiger partial charge in [-0.2, -0.15) is 0 Å². The van der Waals surface area contributed by atoms with E-state index in [1.165, 1.54) is 0 Å². The molecular weight excluding hydrogens is 390 g/mol. The van der Waals surface area contributed by atoms with Gasteiger partial charge in [0.25, 0.3) is 0 Å². The third-order valence-electron chi connectivity index (χ3n) is 4.62. The molecule has 0 aliphatic heterocycles. The lowest BCUT2D eigenvalue weighted by Gasteiger charge is -2.15. The van der Waals surface area contributed by atoms with Crippen LogP contribution in [0.1, 0.15) is 27.0 Å². The molecular formula is C23H22ClNO4. The average molecular weight is 412 g/mol. The molecule has 5 nitrogen and oxygen atoms in total. The molecule has 0 amide bonds. The van der Waals surface area contributed by atoms with E-state index >= 15 is 0 Å². The molecule has 0 radical (unpaired) electrons. The molecule has 3 rings (SSSR count). The number of carboxylic acids is 1. The lowest BCUT2D eigenvalue weighted by molar-refractivity contribution is 0.0696. The minimum atomic E-state index is -0.937. The number of anilines is 1. The van der Waals surface area contributed by atoms with Crippen molar-refractivity contribution < 1.29 is 19.4 Å². The maximum atomic E-state index is 11.3. The third kappa shape index (κ3) is 5.00. The van der Waals surface area contributed by atoms with E-state index in [9.17, 15) is 9.90 Å². The van der Waals surface area contributed by atoms with Gasteiger partial charge in [0.2, 0.25) is 0 Å². The Morgan fingerprint density at radius 2 is 1.86 bits per heavy atom. The van der Waals surface area contributed by atoms with E-state index in [-0.39, 0.29) is 5.56 Å². The van der Waals surface area contributed by atoms with Crippen molar-refractivity contribution in [3.05, 3.63) is 87.9 Å². The SMILES string of the molecule is COc1cc(CNc2cccc(C(=O)O)c2C)ccc1OCc1ccccc1Cl. The second-order valence-corrected chi connectivity index (χ2v) is 6.91. The van der Waals surface area contributed by atoms with Gasteiger partial charge in [0, 0.05) is 22.8 Å². The minimum Gasteiger partial charge on any atom is -0.493 e. The first-order valence-electron chi connectivity index (χ1n) is 9.09. The molecule has 0 spiro atoms. The molecule has 0 aliphatic rings. The summed E-state index contributed by atoms with van der Waals surface area (Å²) in [6, 6.07) is 18.4. The van der Waals surface area contributed by atoms with Crippen molar-refractivity contribution in [1.29, 1.82) is 0 Å². The van der Waals surface area contributed by atoms with Gasteiger partial charge < -0.3 is 19.9 Å². The van der Waals surface area contributed by atoms with E-state index in [4.69, 9.17) is 21.1 Å². The standard InChI is InChI=1S/C23H22ClNO4/c1-15-18(23(26)27)7-5-9-20(15)25-13-16-10-11-21(22(12-16)28-2)29-14-17-6-3-4-8-19(17)24/h3-12,25H,13-14H2,1-2H3,(H,26,27). The van der Waals surface area contributed by atoms with E-state index in [1.807, 2.05) is 48.5 Å². The molecule has 2 N–H and O–H groups in total. The quantitative estimate of drug-likeness (QED) is 0.509. The van der Waals surface area contributed by atoms with E-state index in [1.54, 1.807) is 26.2 Å². The number of halogens is 1. The second kappa shape index (κ2) is 9.34. The van der Waals surface area contributed by atoms with Crippen LogP contribution in [0.3, 0.4) is 0 Å². The Morgan fingerprint density at radius 3 is 2.59 bits per heavy atom. The Kier molecular flexibility index (Phi) is 6.62. The van der Waals surface area contributed by atoms with Gasteiger partial charge in [-0.05, 0) is 48.4 Å². The van der Waals surface area contributed by atoms with Crippen LogP contribution in [0.5, 0.6) is 11.5 Å². The number of carboxylic acid groups (broad SMARTS) is 1. The predicted octanol–water partition coefficient (Wildman–Crippen LogP) is 5.55. The number of ether oxygens (including phenoxy) is 2. The lowest BCUT2D eigenvalue weighted by Crippen LogP contribution is -2.06. The Balaban J connectivity index is 1.70. The van der Waals surface area contributed by atoms with Crippen molar-refractivity contribution >= 4 is 23.3 Å². The number of rotatable bonds is 8. The largest absolute Gasteiger partial charge is 0.493 e. The molecule has 3 aromatic carbocycles. The van der Waals surface area contributed by atoms with Gasteiger partial charge in [0.1, 0.15) is 6.61 Å². The van der Waals surface area contributed by atoms with E-state index in [2.05, 4.69) is 5.32 Å². The normalized spacial score (nSPS) is 10.4. The highest BCUT2D eigenvalue weighted by molar-refractivity contribution is 6.31. The molecule has 0 aliphatic carbocycles. The van der Waals surface area contributed by atoms with Gasteiger partial charge >= 0.3 is 5.97 Å². The van der Waals surface area contributed by atoms with Crippen LogP contribution in [-0.2, 0) is 13.2 Å². The Labute approximate surface area is 174 Å². The number of hydrogen-bond donors (Lipinski definition) is 2. The molecule has 29 heavy (non-hydrogen) atoms. The molecule has 0 atom stereocenters. The number of nitrogens with one attached hydrogen (secondary N) is 1. The summed E-state index contributed by atoms with van der Waals surface area (Å²) in [4.78, 5) is 11.3. The molecule has 0 heterocycles. The highest BCUT2D eigenvalue weighted by Crippen LogP contribution is 2.30. The van der Waals surface area contributed by atoms with Crippen LogP contribution in [0, 0.1) is 6.92 Å². The summed E-state index contributed by atoms with van der Waals surface area (Å²) in [5.74, 6) is 0.306. The van der Waals surface area contributed by atoms with Crippen molar-refractivity contribution in [3.8, 4) is 11.5 Å². The van der Waals surface area contributed by atoms with Crippen LogP contribution < -0.4 is 14.8 Å². The zero-order chi connectivity index (χ0) is 20.8. The van der Waals surface area contributed by atoms with Gasteiger partial charge in [-0.3, -0.25) is 0 Å². The highest BCUT2D eigenvalue weighted by Gasteiger charge is 2.11. The second-order valence-electron chi connectivity index (χ2n) is 6.50. The highest BCUT2D eigenvalue weighted by atomic mass is 35.5. The summed E-state index contributed by atoms with van der Waals surface area (Å²) >= 11 is 6.18. The summed E-state index contributed by atoms with van der Waals surface area (Å²) in [7, 11) is 1.59. The van der Waals surface area contributed by atoms with Crippen molar-refractivity contribution in [1.82, 2.24) is 0 Å². The Hall–Kier alpha value is -3.18. The van der Waals surface area contributed by atoms with Crippen molar-refractivity contribution in [2.45, 2.75) is 20.1 Å². The van der Waals surface area contributed by atoms with Gasteiger partial charge in [-0.1, -0.05) is 41.9 Å². The average Bonchev–Trinajstić information content (AvgIpc) is 2.72. The summed E-state index contributed by atoms with van der Waals surface area (Å²) < 4.78 is 11.3. The molecule has 3 aromatic rings. The maximum absolute atomic E-state index is 11.3. The van der Waals surface area contributed by atoms with Crippen molar-refractivity contribution in [2.24, 2.45) is 0 Å². The fraction of sp³-hybridized carbons (Fsp3) is 0.174. The minimum absolute atomic E-state index is 0.288. The number of hydrogen-bond acceptors (Lipinski definition) is 4. The molecule has 0 saturated carbocycles. The zero-order valence-corrected chi connectivity index (χ0v) is 17.0. The van der Waals surface area contributed by atoms with Gasteiger partial charge in [0.15, 0.2) is 11.5 Å². The van der Waals surface area contributed by atoms with Crippen LogP contribution in [0.2, 0.25) is 5.02 Å². The lowest BCUT2D eigenvalue weighted by atomic mass is 10.1. The molecule has 0 aromatic heterocycles. The van der Waals surface area contributed by atoms with Gasteiger partial charge in [0.05, 0.1) is 12.7 Å². The van der Waals surface area contributed by atoms with Crippen LogP contribution in [0.15, 0.2) is 60.7 Å². The van der Waals surface area contributed by atoms with Gasteiger partial charge in [-0.15, -0.1) is 0 Å². The van der Waals surface area contributed by atoms with E-state index in [0.29, 0.717) is 35.2 Å². The van der Waals surface area contributed by atoms with E-state index in [0.717, 1.165) is 16.8 Å². The Bertz CT molecular complexity index is 1020. The van der Waals surface area contributed by atoms with E-state index < -0.39 is 5.97 Å².